The molecule has 1 N–H and O–H groups in total. The molecule has 0 bridgehead atoms. The highest BCUT2D eigenvalue weighted by atomic mass is 79.9. The second-order valence-electron chi connectivity index (χ2n) is 13.2. The highest BCUT2D eigenvalue weighted by Gasteiger charge is 2.33. The lowest BCUT2D eigenvalue weighted by Crippen LogP contribution is -2.32. The number of hydrogen-bond acceptors (Lipinski definition) is 9. The Kier molecular flexibility index (Phi) is 15.5. The van der Waals surface area contributed by atoms with Gasteiger partial charge in [0.1, 0.15) is 21.5 Å². The number of hydrogen-bond donors (Lipinski definition) is 1. The molecule has 6 aromatic rings. The van der Waals surface area contributed by atoms with E-state index in [1.165, 1.54) is 61.6 Å². The number of benzene rings is 4. The van der Waals surface area contributed by atoms with Crippen molar-refractivity contribution in [2.24, 2.45) is 0 Å². The van der Waals surface area contributed by atoms with Crippen LogP contribution in [0.15, 0.2) is 97.1 Å². The van der Waals surface area contributed by atoms with E-state index in [9.17, 15) is 43.2 Å². The first-order valence-electron chi connectivity index (χ1n) is 18.0. The molecule has 4 aromatic carbocycles. The van der Waals surface area contributed by atoms with Gasteiger partial charge in [-0.05, 0) is 96.1 Å². The summed E-state index contributed by atoms with van der Waals surface area (Å²) in [6.45, 7) is 3.13. The highest BCUT2D eigenvalue weighted by molar-refractivity contribution is 9.09. The normalized spacial score (nSPS) is 12.3. The summed E-state index contributed by atoms with van der Waals surface area (Å²) in [5.41, 5.74) is 2.34. The standard InChI is InChI=1S/C20H19BrF3NO3S2.C20H20F3NO4S2/c1-14-17-8-2-3-9-18(17)29-19(14)25(30(26,27)11-5-10-21)13-15-6-4-7-16(12-15)28-20(22,23)24;1-14-17-8-2-3-9-18(17)29-19(14)24(30(26,27)11-5-10-25)13-15-6-4-7-16(12-15)28-20(21,22)23/h2-4,6-9,12H,5,10-11,13H2,1H3;2-4,6-9,12,25H,5,10-11,13H2,1H3. The van der Waals surface area contributed by atoms with Crippen LogP contribution in [0.25, 0.3) is 20.2 Å². The Morgan fingerprint density at radius 3 is 1.38 bits per heavy atom. The minimum Gasteiger partial charge on any atom is -0.406 e. The number of aryl methyl sites for hydroxylation is 2. The van der Waals surface area contributed by atoms with E-state index < -0.39 is 38.5 Å². The van der Waals surface area contributed by atoms with Gasteiger partial charge in [0.2, 0.25) is 20.0 Å². The van der Waals surface area contributed by atoms with Gasteiger partial charge in [0.15, 0.2) is 0 Å². The summed E-state index contributed by atoms with van der Waals surface area (Å²) in [7, 11) is -7.54. The molecule has 2 aromatic heterocycles. The molecule has 0 aliphatic heterocycles. The van der Waals surface area contributed by atoms with Crippen LogP contribution < -0.4 is 18.1 Å². The van der Waals surface area contributed by atoms with Crippen LogP contribution >= 0.6 is 38.6 Å². The Hall–Kier alpha value is -4.08. The summed E-state index contributed by atoms with van der Waals surface area (Å²) in [6.07, 6.45) is -9.18. The number of aliphatic hydroxyl groups excluding tert-OH is 1. The summed E-state index contributed by atoms with van der Waals surface area (Å²) in [4.78, 5) is 0. The molecule has 0 aliphatic rings. The first kappa shape index (κ1) is 47.0. The third kappa shape index (κ3) is 12.5. The van der Waals surface area contributed by atoms with Crippen molar-refractivity contribution in [1.29, 1.82) is 0 Å². The van der Waals surface area contributed by atoms with Gasteiger partial charge in [0, 0.05) is 21.3 Å². The van der Waals surface area contributed by atoms with Crippen LogP contribution in [0.4, 0.5) is 36.3 Å². The van der Waals surface area contributed by atoms with E-state index in [2.05, 4.69) is 25.4 Å². The van der Waals surface area contributed by atoms with Crippen molar-refractivity contribution < 1.29 is 57.8 Å². The zero-order chi connectivity index (χ0) is 43.9. The first-order chi connectivity index (χ1) is 28.2. The van der Waals surface area contributed by atoms with Crippen LogP contribution in [-0.4, -0.2) is 58.1 Å². The Morgan fingerprint density at radius 2 is 1.02 bits per heavy atom. The van der Waals surface area contributed by atoms with Gasteiger partial charge in [0.05, 0.1) is 24.6 Å². The van der Waals surface area contributed by atoms with Gasteiger partial charge < -0.3 is 14.6 Å². The molecule has 324 valence electrons. The highest BCUT2D eigenvalue weighted by Crippen LogP contribution is 2.41. The molecule has 20 heteroatoms. The average molecular weight is 982 g/mol. The number of halogens is 7. The van der Waals surface area contributed by atoms with Gasteiger partial charge in [-0.3, -0.25) is 8.61 Å². The van der Waals surface area contributed by atoms with Crippen LogP contribution in [0.5, 0.6) is 11.5 Å². The fourth-order valence-corrected chi connectivity index (χ4v) is 12.8. The van der Waals surface area contributed by atoms with E-state index >= 15 is 0 Å². The number of alkyl halides is 7. The van der Waals surface area contributed by atoms with E-state index in [1.54, 1.807) is 12.1 Å². The number of ether oxygens (including phenoxy) is 2. The molecule has 0 amide bonds. The van der Waals surface area contributed by atoms with E-state index in [4.69, 9.17) is 5.11 Å². The number of thiophene rings is 2. The van der Waals surface area contributed by atoms with Crippen molar-refractivity contribution in [1.82, 2.24) is 0 Å². The lowest BCUT2D eigenvalue weighted by Gasteiger charge is -2.24. The van der Waals surface area contributed by atoms with Crippen LogP contribution in [0.3, 0.4) is 0 Å². The maximum atomic E-state index is 13.1. The smallest absolute Gasteiger partial charge is 0.406 e. The van der Waals surface area contributed by atoms with Gasteiger partial charge in [-0.1, -0.05) is 76.6 Å². The van der Waals surface area contributed by atoms with Gasteiger partial charge in [-0.15, -0.1) is 49.0 Å². The minimum absolute atomic E-state index is 0.0556. The molecule has 0 radical (unpaired) electrons. The Morgan fingerprint density at radius 1 is 0.617 bits per heavy atom. The lowest BCUT2D eigenvalue weighted by molar-refractivity contribution is -0.275. The fraction of sp³-hybridized carbons (Fsp3) is 0.300. The monoisotopic (exact) mass is 980 g/mol. The van der Waals surface area contributed by atoms with Gasteiger partial charge >= 0.3 is 12.7 Å². The Bertz CT molecular complexity index is 2440. The van der Waals surface area contributed by atoms with Crippen LogP contribution in [-0.2, 0) is 33.1 Å². The molecule has 60 heavy (non-hydrogen) atoms. The van der Waals surface area contributed by atoms with Crippen LogP contribution in [0.1, 0.15) is 35.1 Å². The Balaban J connectivity index is 0.000000228. The molecular formula is C40H39BrF6N2O7S4. The maximum Gasteiger partial charge on any atom is 0.573 e. The van der Waals surface area contributed by atoms with Crippen molar-refractivity contribution >= 4 is 88.8 Å². The van der Waals surface area contributed by atoms with Gasteiger partial charge in [0.25, 0.3) is 0 Å². The SMILES string of the molecule is Cc1c(N(Cc2cccc(OC(F)(F)F)c2)S(=O)(=O)CCCBr)sc2ccccc12.Cc1c(N(Cc2cccc(OC(F)(F)F)c2)S(=O)(=O)CCCO)sc2ccccc12. The number of aliphatic hydroxyl groups is 1. The van der Waals surface area contributed by atoms with Crippen LogP contribution in [0, 0.1) is 13.8 Å². The number of anilines is 2. The molecule has 9 nitrogen and oxygen atoms in total. The number of nitrogens with zero attached hydrogens (tertiary/aromatic N) is 2. The van der Waals surface area contributed by atoms with E-state index in [0.717, 1.165) is 37.4 Å². The second-order valence-corrected chi connectivity index (χ2v) is 20.1. The molecule has 0 saturated heterocycles. The van der Waals surface area contributed by atoms with Crippen molar-refractivity contribution in [2.75, 3.05) is 32.1 Å². The summed E-state index contributed by atoms with van der Waals surface area (Å²) >= 11 is 5.90. The number of fused-ring (bicyclic) bond motifs is 2. The third-order valence-electron chi connectivity index (χ3n) is 8.77. The first-order valence-corrected chi connectivity index (χ1v) is 24.0. The summed E-state index contributed by atoms with van der Waals surface area (Å²) < 4.78 is 140. The summed E-state index contributed by atoms with van der Waals surface area (Å²) in [5, 5.41) is 12.5. The largest absolute Gasteiger partial charge is 0.573 e. The summed E-state index contributed by atoms with van der Waals surface area (Å²) in [6, 6.07) is 25.7. The topological polar surface area (TPSA) is 113 Å². The molecule has 2 heterocycles. The molecule has 0 unspecified atom stereocenters. The zero-order valence-corrected chi connectivity index (χ0v) is 36.8. The van der Waals surface area contributed by atoms with Crippen molar-refractivity contribution in [3.8, 4) is 11.5 Å². The number of rotatable bonds is 16. The van der Waals surface area contributed by atoms with E-state index in [0.29, 0.717) is 32.9 Å². The molecular weight excluding hydrogens is 943 g/mol. The quantitative estimate of drug-likeness (QED) is 0.0759. The Labute approximate surface area is 360 Å². The lowest BCUT2D eigenvalue weighted by atomic mass is 10.2. The third-order valence-corrected chi connectivity index (χ3v) is 15.7. The molecule has 0 atom stereocenters. The predicted molar refractivity (Wildman–Crippen MR) is 229 cm³/mol. The average Bonchev–Trinajstić information content (AvgIpc) is 3.69. The molecule has 6 rings (SSSR count). The molecule has 0 spiro atoms. The van der Waals surface area contributed by atoms with Gasteiger partial charge in [-0.2, -0.15) is 0 Å². The van der Waals surface area contributed by atoms with Crippen molar-refractivity contribution in [3.63, 3.8) is 0 Å². The molecule has 0 fully saturated rings. The van der Waals surface area contributed by atoms with Crippen LogP contribution in [0.2, 0.25) is 0 Å². The molecule has 0 saturated carbocycles. The molecule has 0 aliphatic carbocycles. The number of sulfonamides is 2. The zero-order valence-electron chi connectivity index (χ0n) is 32.0. The fourth-order valence-electron chi connectivity index (χ4n) is 6.11. The predicted octanol–water partition coefficient (Wildman–Crippen LogP) is 11.1. The summed E-state index contributed by atoms with van der Waals surface area (Å²) in [5.74, 6) is -1.16. The minimum atomic E-state index is -4.84. The van der Waals surface area contributed by atoms with Crippen molar-refractivity contribution in [3.05, 3.63) is 119 Å². The van der Waals surface area contributed by atoms with Gasteiger partial charge in [-0.25, -0.2) is 16.8 Å². The maximum absolute atomic E-state index is 13.1. The van der Waals surface area contributed by atoms with E-state index in [-0.39, 0.29) is 43.4 Å². The second kappa shape index (κ2) is 19.7. The van der Waals surface area contributed by atoms with E-state index in [1.807, 2.05) is 62.4 Å². The van der Waals surface area contributed by atoms with Crippen molar-refractivity contribution in [2.45, 2.75) is 52.5 Å².